The van der Waals surface area contributed by atoms with Crippen LogP contribution in [0.15, 0.2) is 48.5 Å². The molecular formula is C16H13ClN2. The maximum Gasteiger partial charge on any atom is 0.132 e. The highest BCUT2D eigenvalue weighted by atomic mass is 35.5. The lowest BCUT2D eigenvalue weighted by molar-refractivity contribution is 1.33. The molecule has 19 heavy (non-hydrogen) atoms. The molecule has 0 saturated carbocycles. The van der Waals surface area contributed by atoms with Crippen LogP contribution in [-0.2, 0) is 0 Å². The van der Waals surface area contributed by atoms with Crippen molar-refractivity contribution in [3.8, 4) is 11.1 Å². The van der Waals surface area contributed by atoms with Gasteiger partial charge in [0.1, 0.15) is 5.15 Å². The van der Waals surface area contributed by atoms with Crippen LogP contribution in [0.1, 0.15) is 5.56 Å². The average Bonchev–Trinajstić information content (AvgIpc) is 2.39. The summed E-state index contributed by atoms with van der Waals surface area (Å²) in [5.74, 6) is 0. The van der Waals surface area contributed by atoms with Crippen molar-refractivity contribution in [2.75, 3.05) is 5.73 Å². The average molecular weight is 269 g/mol. The van der Waals surface area contributed by atoms with Gasteiger partial charge in [0.25, 0.3) is 0 Å². The second-order valence-electron chi connectivity index (χ2n) is 4.63. The van der Waals surface area contributed by atoms with Crippen LogP contribution in [-0.4, -0.2) is 4.98 Å². The van der Waals surface area contributed by atoms with E-state index in [0.29, 0.717) is 5.15 Å². The van der Waals surface area contributed by atoms with Gasteiger partial charge in [-0.25, -0.2) is 4.98 Å². The summed E-state index contributed by atoms with van der Waals surface area (Å²) in [6.07, 6.45) is 0. The highest BCUT2D eigenvalue weighted by Crippen LogP contribution is 2.27. The second kappa shape index (κ2) is 4.56. The smallest absolute Gasteiger partial charge is 0.132 e. The van der Waals surface area contributed by atoms with E-state index in [1.807, 2.05) is 43.3 Å². The number of benzene rings is 2. The molecule has 0 fully saturated rings. The Morgan fingerprint density at radius 2 is 1.79 bits per heavy atom. The molecule has 94 valence electrons. The van der Waals surface area contributed by atoms with Gasteiger partial charge in [-0.3, -0.25) is 0 Å². The number of aromatic nitrogens is 1. The highest BCUT2D eigenvalue weighted by Gasteiger charge is 2.04. The fourth-order valence-electron chi connectivity index (χ4n) is 2.16. The summed E-state index contributed by atoms with van der Waals surface area (Å²) in [5, 5.41) is 1.64. The summed E-state index contributed by atoms with van der Waals surface area (Å²) >= 11 is 6.04. The van der Waals surface area contributed by atoms with Crippen LogP contribution < -0.4 is 5.73 Å². The van der Waals surface area contributed by atoms with Gasteiger partial charge < -0.3 is 5.73 Å². The van der Waals surface area contributed by atoms with Gasteiger partial charge in [0.05, 0.1) is 5.52 Å². The predicted octanol–water partition coefficient (Wildman–Crippen LogP) is 4.45. The van der Waals surface area contributed by atoms with Crippen molar-refractivity contribution in [2.24, 2.45) is 0 Å². The van der Waals surface area contributed by atoms with Gasteiger partial charge in [0, 0.05) is 11.1 Å². The molecule has 0 saturated heterocycles. The normalized spacial score (nSPS) is 10.8. The summed E-state index contributed by atoms with van der Waals surface area (Å²) in [7, 11) is 0. The number of nitrogen functional groups attached to an aromatic ring is 1. The standard InChI is InChI=1S/C16H13ClN2/c1-10-7-13-8-12(5-6-15(13)19-16(10)17)11-3-2-4-14(18)9-11/h2-9H,18H2,1H3. The minimum atomic E-state index is 0.559. The van der Waals surface area contributed by atoms with Crippen LogP contribution in [0.25, 0.3) is 22.0 Å². The number of aryl methyl sites for hydroxylation is 1. The minimum Gasteiger partial charge on any atom is -0.399 e. The van der Waals surface area contributed by atoms with E-state index >= 15 is 0 Å². The van der Waals surface area contributed by atoms with Gasteiger partial charge in [-0.1, -0.05) is 29.8 Å². The molecule has 3 aromatic rings. The predicted molar refractivity (Wildman–Crippen MR) is 81.3 cm³/mol. The number of rotatable bonds is 1. The molecule has 1 aromatic heterocycles. The Morgan fingerprint density at radius 3 is 2.58 bits per heavy atom. The van der Waals surface area contributed by atoms with E-state index in [1.165, 1.54) is 0 Å². The molecular weight excluding hydrogens is 256 g/mol. The maximum atomic E-state index is 6.04. The Labute approximate surface area is 116 Å². The molecule has 0 bridgehead atoms. The molecule has 2 aromatic carbocycles. The zero-order valence-corrected chi connectivity index (χ0v) is 11.3. The summed E-state index contributed by atoms with van der Waals surface area (Å²) in [6.45, 7) is 1.96. The molecule has 0 atom stereocenters. The van der Waals surface area contributed by atoms with Gasteiger partial charge in [-0.05, 0) is 53.9 Å². The molecule has 0 aliphatic heterocycles. The Kier molecular flexibility index (Phi) is 2.88. The van der Waals surface area contributed by atoms with E-state index in [2.05, 4.69) is 17.1 Å². The molecule has 1 heterocycles. The lowest BCUT2D eigenvalue weighted by Gasteiger charge is -2.06. The van der Waals surface area contributed by atoms with Crippen molar-refractivity contribution < 1.29 is 0 Å². The van der Waals surface area contributed by atoms with Gasteiger partial charge in [-0.2, -0.15) is 0 Å². The topological polar surface area (TPSA) is 38.9 Å². The number of hydrogen-bond acceptors (Lipinski definition) is 2. The van der Waals surface area contributed by atoms with E-state index in [0.717, 1.165) is 33.3 Å². The first kappa shape index (κ1) is 12.0. The lowest BCUT2D eigenvalue weighted by Crippen LogP contribution is -1.87. The van der Waals surface area contributed by atoms with Gasteiger partial charge in [0.15, 0.2) is 0 Å². The number of hydrogen-bond donors (Lipinski definition) is 1. The van der Waals surface area contributed by atoms with E-state index in [-0.39, 0.29) is 0 Å². The molecule has 2 nitrogen and oxygen atoms in total. The van der Waals surface area contributed by atoms with Crippen molar-refractivity contribution in [3.05, 3.63) is 59.2 Å². The molecule has 2 N–H and O–H groups in total. The first-order valence-electron chi connectivity index (χ1n) is 6.06. The molecule has 0 aliphatic carbocycles. The van der Waals surface area contributed by atoms with E-state index in [1.54, 1.807) is 0 Å². The fraction of sp³-hybridized carbons (Fsp3) is 0.0625. The van der Waals surface area contributed by atoms with Crippen molar-refractivity contribution >= 4 is 28.2 Å². The summed E-state index contributed by atoms with van der Waals surface area (Å²) in [4.78, 5) is 4.37. The quantitative estimate of drug-likeness (QED) is 0.523. The van der Waals surface area contributed by atoms with Crippen LogP contribution >= 0.6 is 11.6 Å². The van der Waals surface area contributed by atoms with Crippen LogP contribution in [0.5, 0.6) is 0 Å². The number of fused-ring (bicyclic) bond motifs is 1. The summed E-state index contributed by atoms with van der Waals surface area (Å²) < 4.78 is 0. The van der Waals surface area contributed by atoms with Crippen molar-refractivity contribution in [1.29, 1.82) is 0 Å². The molecule has 0 unspecified atom stereocenters. The minimum absolute atomic E-state index is 0.559. The first-order valence-corrected chi connectivity index (χ1v) is 6.44. The van der Waals surface area contributed by atoms with Gasteiger partial charge >= 0.3 is 0 Å². The zero-order valence-electron chi connectivity index (χ0n) is 10.5. The van der Waals surface area contributed by atoms with Crippen molar-refractivity contribution in [3.63, 3.8) is 0 Å². The van der Waals surface area contributed by atoms with E-state index < -0.39 is 0 Å². The van der Waals surface area contributed by atoms with Gasteiger partial charge in [-0.15, -0.1) is 0 Å². The Balaban J connectivity index is 2.19. The van der Waals surface area contributed by atoms with Crippen molar-refractivity contribution in [1.82, 2.24) is 4.98 Å². The number of anilines is 1. The Morgan fingerprint density at radius 1 is 1.00 bits per heavy atom. The number of pyridine rings is 1. The van der Waals surface area contributed by atoms with Crippen LogP contribution in [0.2, 0.25) is 5.15 Å². The highest BCUT2D eigenvalue weighted by molar-refractivity contribution is 6.30. The molecule has 0 aliphatic rings. The van der Waals surface area contributed by atoms with Gasteiger partial charge in [0.2, 0.25) is 0 Å². The Bertz CT molecular complexity index is 766. The second-order valence-corrected chi connectivity index (χ2v) is 4.99. The number of nitrogens with two attached hydrogens (primary N) is 1. The Hall–Kier alpha value is -2.06. The zero-order chi connectivity index (χ0) is 13.4. The third kappa shape index (κ3) is 2.27. The molecule has 0 radical (unpaired) electrons. The monoisotopic (exact) mass is 268 g/mol. The molecule has 0 amide bonds. The van der Waals surface area contributed by atoms with E-state index in [9.17, 15) is 0 Å². The van der Waals surface area contributed by atoms with Crippen LogP contribution in [0.4, 0.5) is 5.69 Å². The first-order chi connectivity index (χ1) is 9.13. The largest absolute Gasteiger partial charge is 0.399 e. The molecule has 3 heteroatoms. The van der Waals surface area contributed by atoms with Crippen LogP contribution in [0.3, 0.4) is 0 Å². The molecule has 3 rings (SSSR count). The fourth-order valence-corrected chi connectivity index (χ4v) is 2.30. The number of halogens is 1. The van der Waals surface area contributed by atoms with E-state index in [4.69, 9.17) is 17.3 Å². The maximum absolute atomic E-state index is 6.04. The third-order valence-electron chi connectivity index (χ3n) is 3.16. The molecule has 0 spiro atoms. The lowest BCUT2D eigenvalue weighted by atomic mass is 10.0. The van der Waals surface area contributed by atoms with Crippen LogP contribution in [0, 0.1) is 6.92 Å². The van der Waals surface area contributed by atoms with Crippen molar-refractivity contribution in [2.45, 2.75) is 6.92 Å². The number of nitrogens with zero attached hydrogens (tertiary/aromatic N) is 1. The summed E-state index contributed by atoms with van der Waals surface area (Å²) in [6, 6.07) is 16.1. The summed E-state index contributed by atoms with van der Waals surface area (Å²) in [5.41, 5.74) is 10.7. The SMILES string of the molecule is Cc1cc2cc(-c3cccc(N)c3)ccc2nc1Cl. The third-order valence-corrected chi connectivity index (χ3v) is 3.55.